The van der Waals surface area contributed by atoms with Gasteiger partial charge < -0.3 is 29.5 Å². The Balaban J connectivity index is 2.19. The largest absolute Gasteiger partial charge is 0.469 e. The number of esters is 2. The van der Waals surface area contributed by atoms with E-state index in [0.29, 0.717) is 25.7 Å². The Morgan fingerprint density at radius 1 is 0.684 bits per heavy atom. The van der Waals surface area contributed by atoms with Crippen molar-refractivity contribution in [2.45, 2.75) is 231 Å². The van der Waals surface area contributed by atoms with Gasteiger partial charge in [-0.05, 0) is 25.7 Å². The van der Waals surface area contributed by atoms with Crippen LogP contribution in [-0.2, 0) is 32.9 Å². The van der Waals surface area contributed by atoms with Crippen molar-refractivity contribution < 1.29 is 52.9 Å². The molecular formula is C45H83O11P. The van der Waals surface area contributed by atoms with Gasteiger partial charge in [0.25, 0.3) is 0 Å². The van der Waals surface area contributed by atoms with Crippen molar-refractivity contribution in [3.8, 4) is 0 Å². The molecule has 0 radical (unpaired) electrons. The summed E-state index contributed by atoms with van der Waals surface area (Å²) in [6.07, 6.45) is 32.6. The highest BCUT2D eigenvalue weighted by Gasteiger charge is 2.39. The fourth-order valence-corrected chi connectivity index (χ4v) is 8.04. The van der Waals surface area contributed by atoms with Gasteiger partial charge in [0.1, 0.15) is 12.4 Å². The number of rotatable bonds is 39. The Morgan fingerprint density at radius 3 is 1.65 bits per heavy atom. The molecule has 0 amide bonds. The fourth-order valence-electron chi connectivity index (χ4n) is 7.68. The summed E-state index contributed by atoms with van der Waals surface area (Å²) in [7, 11) is -4.81. The molecule has 0 spiro atoms. The highest BCUT2D eigenvalue weighted by atomic mass is 31.2. The second-order valence-corrected chi connectivity index (χ2v) is 17.8. The van der Waals surface area contributed by atoms with E-state index >= 15 is 0 Å². The molecule has 0 heterocycles. The van der Waals surface area contributed by atoms with E-state index in [0.717, 1.165) is 57.8 Å². The van der Waals surface area contributed by atoms with Crippen LogP contribution >= 0.6 is 7.82 Å². The Morgan fingerprint density at radius 2 is 1.14 bits per heavy atom. The lowest BCUT2D eigenvalue weighted by molar-refractivity contribution is -0.161. The Hall–Kier alpha value is -1.62. The standard InChI is InChI=1S/C45H83O11P/c1-3-5-7-8-9-10-11-12-13-14-15-16-17-18-19-20-21-22-28-32-45(50)56-39(37-55-57(51,52)53)36-54-44(49)31-27-24-23-26-30-40-41(43(48)35-42(40)47)34-33-38(46)29-25-6-4-2/h33-34,38-41,43,46,48H,3-32,35-37H2,1-2H3,(H2,51,52,53)/b34-33+/t38-,39+,40+,41+,43+/m0/s1. The van der Waals surface area contributed by atoms with E-state index in [9.17, 15) is 29.2 Å². The zero-order valence-corrected chi connectivity index (χ0v) is 36.9. The normalized spacial score (nSPS) is 18.4. The molecule has 0 aromatic rings. The van der Waals surface area contributed by atoms with Crippen LogP contribution in [0.2, 0.25) is 0 Å². The zero-order valence-electron chi connectivity index (χ0n) is 36.0. The molecule has 4 N–H and O–H groups in total. The molecule has 1 saturated carbocycles. The molecule has 1 rings (SSSR count). The fraction of sp³-hybridized carbons (Fsp3) is 0.889. The SMILES string of the molecule is CCCCCCCCCCCCCCCCCCCCCC(=O)O[C@H](COC(=O)CCCCCC[C@H]1C(=O)C[C@@H](O)[C@@H]1/C=C/[C@@H](O)CCCCC)COP(=O)(O)O. The van der Waals surface area contributed by atoms with E-state index in [4.69, 9.17) is 19.3 Å². The van der Waals surface area contributed by atoms with E-state index < -0.39 is 44.7 Å². The topological polar surface area (TPSA) is 177 Å². The maximum atomic E-state index is 12.5. The molecule has 57 heavy (non-hydrogen) atoms. The summed E-state index contributed by atoms with van der Waals surface area (Å²) in [5.41, 5.74) is 0. The molecule has 5 atom stereocenters. The molecule has 1 fully saturated rings. The van der Waals surface area contributed by atoms with Crippen molar-refractivity contribution >= 4 is 25.5 Å². The lowest BCUT2D eigenvalue weighted by atomic mass is 9.88. The average molecular weight is 831 g/mol. The lowest BCUT2D eigenvalue weighted by Crippen LogP contribution is -2.29. The van der Waals surface area contributed by atoms with Gasteiger partial charge in [-0.3, -0.25) is 18.9 Å². The highest BCUT2D eigenvalue weighted by Crippen LogP contribution is 2.36. The van der Waals surface area contributed by atoms with Gasteiger partial charge in [-0.1, -0.05) is 180 Å². The van der Waals surface area contributed by atoms with Gasteiger partial charge in [-0.2, -0.15) is 0 Å². The number of aliphatic hydroxyl groups excluding tert-OH is 2. The third-order valence-electron chi connectivity index (χ3n) is 11.2. The Kier molecular flexibility index (Phi) is 32.9. The summed E-state index contributed by atoms with van der Waals surface area (Å²) in [5.74, 6) is -1.56. The third-order valence-corrected chi connectivity index (χ3v) is 11.7. The van der Waals surface area contributed by atoms with Crippen LogP contribution in [0.25, 0.3) is 0 Å². The van der Waals surface area contributed by atoms with Crippen molar-refractivity contribution in [2.75, 3.05) is 13.2 Å². The number of unbranched alkanes of at least 4 members (excludes halogenated alkanes) is 23. The number of aliphatic hydroxyl groups is 2. The molecule has 1 aliphatic rings. The van der Waals surface area contributed by atoms with Crippen molar-refractivity contribution in [1.29, 1.82) is 0 Å². The number of ketones is 1. The molecule has 0 aromatic carbocycles. The van der Waals surface area contributed by atoms with Gasteiger partial charge in [-0.25, -0.2) is 4.57 Å². The van der Waals surface area contributed by atoms with Crippen LogP contribution in [0, 0.1) is 11.8 Å². The molecule has 12 heteroatoms. The van der Waals surface area contributed by atoms with Gasteiger partial charge in [0.2, 0.25) is 0 Å². The maximum Gasteiger partial charge on any atom is 0.469 e. The smallest absolute Gasteiger partial charge is 0.462 e. The summed E-state index contributed by atoms with van der Waals surface area (Å²) in [6.45, 7) is 3.41. The predicted molar refractivity (Wildman–Crippen MR) is 226 cm³/mol. The Bertz CT molecular complexity index is 1090. The first-order chi connectivity index (χ1) is 27.5. The van der Waals surface area contributed by atoms with E-state index in [-0.39, 0.29) is 43.5 Å². The molecule has 1 aliphatic carbocycles. The minimum absolute atomic E-state index is 0.0461. The van der Waals surface area contributed by atoms with Crippen LogP contribution in [0.1, 0.15) is 213 Å². The Labute approximate surface area is 346 Å². The number of carbonyl (C=O) groups is 3. The van der Waals surface area contributed by atoms with Crippen molar-refractivity contribution in [1.82, 2.24) is 0 Å². The summed E-state index contributed by atoms with van der Waals surface area (Å²) in [5, 5.41) is 20.7. The van der Waals surface area contributed by atoms with Gasteiger partial charge in [0, 0.05) is 31.1 Å². The first kappa shape index (κ1) is 53.4. The number of Topliss-reactive ketones (excluding diaryl/α,β-unsaturated/α-hetero) is 1. The lowest BCUT2D eigenvalue weighted by Gasteiger charge is -2.18. The van der Waals surface area contributed by atoms with Gasteiger partial charge >= 0.3 is 19.8 Å². The second kappa shape index (κ2) is 35.2. The second-order valence-electron chi connectivity index (χ2n) is 16.5. The minimum Gasteiger partial charge on any atom is -0.462 e. The van der Waals surface area contributed by atoms with Crippen LogP contribution in [0.5, 0.6) is 0 Å². The first-order valence-electron chi connectivity index (χ1n) is 23.1. The molecule has 0 saturated heterocycles. The summed E-state index contributed by atoms with van der Waals surface area (Å²) in [6, 6.07) is 0. The molecule has 0 unspecified atom stereocenters. The molecule has 0 aliphatic heterocycles. The quantitative estimate of drug-likeness (QED) is 0.0201. The van der Waals surface area contributed by atoms with E-state index in [1.807, 2.05) is 6.08 Å². The minimum atomic E-state index is -4.81. The number of hydrogen-bond acceptors (Lipinski definition) is 9. The summed E-state index contributed by atoms with van der Waals surface area (Å²) in [4.78, 5) is 55.7. The zero-order chi connectivity index (χ0) is 42.0. The number of carbonyl (C=O) groups excluding carboxylic acids is 3. The number of phosphoric ester groups is 1. The van der Waals surface area contributed by atoms with Gasteiger partial charge in [-0.15, -0.1) is 0 Å². The molecule has 0 bridgehead atoms. The molecule has 0 aromatic heterocycles. The summed E-state index contributed by atoms with van der Waals surface area (Å²) >= 11 is 0. The van der Waals surface area contributed by atoms with E-state index in [1.165, 1.54) is 96.3 Å². The molecule has 11 nitrogen and oxygen atoms in total. The van der Waals surface area contributed by atoms with E-state index in [2.05, 4.69) is 18.4 Å². The summed E-state index contributed by atoms with van der Waals surface area (Å²) < 4.78 is 26.5. The van der Waals surface area contributed by atoms with Gasteiger partial charge in [0.05, 0.1) is 18.8 Å². The maximum absolute atomic E-state index is 12.5. The number of ether oxygens (including phenoxy) is 2. The number of phosphoric acid groups is 1. The van der Waals surface area contributed by atoms with Crippen LogP contribution in [-0.4, -0.2) is 69.2 Å². The monoisotopic (exact) mass is 831 g/mol. The van der Waals surface area contributed by atoms with Crippen LogP contribution in [0.4, 0.5) is 0 Å². The number of hydrogen-bond donors (Lipinski definition) is 4. The van der Waals surface area contributed by atoms with Crippen LogP contribution < -0.4 is 0 Å². The predicted octanol–water partition coefficient (Wildman–Crippen LogP) is 10.8. The van der Waals surface area contributed by atoms with Crippen LogP contribution in [0.3, 0.4) is 0 Å². The first-order valence-corrected chi connectivity index (χ1v) is 24.6. The van der Waals surface area contributed by atoms with Crippen molar-refractivity contribution in [2.24, 2.45) is 11.8 Å². The molecule has 334 valence electrons. The van der Waals surface area contributed by atoms with E-state index in [1.54, 1.807) is 6.08 Å². The third kappa shape index (κ3) is 31.0. The van der Waals surface area contributed by atoms with Crippen molar-refractivity contribution in [3.63, 3.8) is 0 Å². The van der Waals surface area contributed by atoms with Gasteiger partial charge in [0.15, 0.2) is 6.10 Å². The van der Waals surface area contributed by atoms with Crippen molar-refractivity contribution in [3.05, 3.63) is 12.2 Å². The average Bonchev–Trinajstić information content (AvgIpc) is 3.44. The van der Waals surface area contributed by atoms with Crippen LogP contribution in [0.15, 0.2) is 12.2 Å². The highest BCUT2D eigenvalue weighted by molar-refractivity contribution is 7.46. The molecular weight excluding hydrogens is 747 g/mol.